The topological polar surface area (TPSA) is 63.4 Å². The summed E-state index contributed by atoms with van der Waals surface area (Å²) in [6, 6.07) is 0. The van der Waals surface area contributed by atoms with E-state index in [1.54, 1.807) is 11.0 Å². The Kier molecular flexibility index (Phi) is 2.47. The van der Waals surface area contributed by atoms with Gasteiger partial charge >= 0.3 is 0 Å². The maximum atomic E-state index is 11.1. The fraction of sp³-hybridized carbons (Fsp3) is 0.500. The monoisotopic (exact) mass is 168 g/mol. The minimum absolute atomic E-state index is 0.0151. The van der Waals surface area contributed by atoms with Gasteiger partial charge in [0.2, 0.25) is 11.8 Å². The molecule has 0 aromatic carbocycles. The smallest absolute Gasteiger partial charge is 0.223 e. The van der Waals surface area contributed by atoms with Crippen LogP contribution in [0.3, 0.4) is 0 Å². The molecule has 0 aromatic heterocycles. The highest BCUT2D eigenvalue weighted by Gasteiger charge is 2.31. The van der Waals surface area contributed by atoms with Gasteiger partial charge < -0.3 is 10.6 Å². The lowest BCUT2D eigenvalue weighted by Crippen LogP contribution is -2.28. The molecular weight excluding hydrogens is 156 g/mol. The fourth-order valence-corrected chi connectivity index (χ4v) is 1.30. The van der Waals surface area contributed by atoms with Crippen LogP contribution in [0.4, 0.5) is 0 Å². The van der Waals surface area contributed by atoms with E-state index in [-0.39, 0.29) is 18.2 Å². The van der Waals surface area contributed by atoms with Gasteiger partial charge in [-0.05, 0) is 0 Å². The number of nitrogens with two attached hydrogens (primary N) is 1. The third-order valence-electron chi connectivity index (χ3n) is 1.97. The van der Waals surface area contributed by atoms with Crippen molar-refractivity contribution in [3.05, 3.63) is 12.7 Å². The van der Waals surface area contributed by atoms with Crippen LogP contribution >= 0.6 is 0 Å². The first-order chi connectivity index (χ1) is 5.65. The third kappa shape index (κ3) is 1.64. The Bertz CT molecular complexity index is 225. The van der Waals surface area contributed by atoms with Crippen molar-refractivity contribution in [3.63, 3.8) is 0 Å². The quantitative estimate of drug-likeness (QED) is 0.578. The van der Waals surface area contributed by atoms with Gasteiger partial charge in [0.1, 0.15) is 0 Å². The molecule has 0 aromatic rings. The van der Waals surface area contributed by atoms with Crippen molar-refractivity contribution in [1.29, 1.82) is 0 Å². The lowest BCUT2D eigenvalue weighted by molar-refractivity contribution is -0.128. The SMILES string of the molecule is C=CCN1CC(C(N)=O)CC1=O. The number of hydrogen-bond donors (Lipinski definition) is 1. The summed E-state index contributed by atoms with van der Waals surface area (Å²) in [5.74, 6) is -0.717. The molecule has 0 spiro atoms. The minimum Gasteiger partial charge on any atom is -0.369 e. The van der Waals surface area contributed by atoms with Gasteiger partial charge in [0.15, 0.2) is 0 Å². The molecular formula is C8H12N2O2. The number of carbonyl (C=O) groups excluding carboxylic acids is 2. The van der Waals surface area contributed by atoms with E-state index in [1.807, 2.05) is 0 Å². The van der Waals surface area contributed by atoms with E-state index >= 15 is 0 Å². The van der Waals surface area contributed by atoms with Crippen molar-refractivity contribution in [2.24, 2.45) is 11.7 Å². The van der Waals surface area contributed by atoms with Crippen molar-refractivity contribution in [3.8, 4) is 0 Å². The van der Waals surface area contributed by atoms with Gasteiger partial charge in [-0.25, -0.2) is 0 Å². The van der Waals surface area contributed by atoms with Crippen LogP contribution in [0.5, 0.6) is 0 Å². The Morgan fingerprint density at radius 3 is 2.92 bits per heavy atom. The predicted molar refractivity (Wildman–Crippen MR) is 44.1 cm³/mol. The van der Waals surface area contributed by atoms with Crippen molar-refractivity contribution < 1.29 is 9.59 Å². The molecule has 2 N–H and O–H groups in total. The van der Waals surface area contributed by atoms with Crippen LogP contribution in [0.15, 0.2) is 12.7 Å². The normalized spacial score (nSPS) is 22.8. The summed E-state index contributed by atoms with van der Waals surface area (Å²) in [5, 5.41) is 0. The fourth-order valence-electron chi connectivity index (χ4n) is 1.30. The van der Waals surface area contributed by atoms with Crippen LogP contribution < -0.4 is 5.73 Å². The average molecular weight is 168 g/mol. The van der Waals surface area contributed by atoms with Crippen molar-refractivity contribution >= 4 is 11.8 Å². The van der Waals surface area contributed by atoms with Crippen LogP contribution in [0, 0.1) is 5.92 Å². The van der Waals surface area contributed by atoms with Gasteiger partial charge in [0.05, 0.1) is 5.92 Å². The Balaban J connectivity index is 2.55. The molecule has 0 saturated carbocycles. The first-order valence-electron chi connectivity index (χ1n) is 3.83. The molecule has 0 radical (unpaired) electrons. The molecule has 1 rings (SSSR count). The van der Waals surface area contributed by atoms with Gasteiger partial charge in [-0.15, -0.1) is 6.58 Å². The summed E-state index contributed by atoms with van der Waals surface area (Å²) in [6.45, 7) is 4.47. The zero-order chi connectivity index (χ0) is 9.14. The molecule has 0 bridgehead atoms. The van der Waals surface area contributed by atoms with Crippen LogP contribution in [0.1, 0.15) is 6.42 Å². The second kappa shape index (κ2) is 3.38. The third-order valence-corrected chi connectivity index (χ3v) is 1.97. The van der Waals surface area contributed by atoms with E-state index < -0.39 is 5.91 Å². The van der Waals surface area contributed by atoms with Gasteiger partial charge in [0, 0.05) is 19.5 Å². The summed E-state index contributed by atoms with van der Waals surface area (Å²) in [7, 11) is 0. The molecule has 1 heterocycles. The zero-order valence-corrected chi connectivity index (χ0v) is 6.82. The lowest BCUT2D eigenvalue weighted by atomic mass is 10.1. The minimum atomic E-state index is -0.394. The van der Waals surface area contributed by atoms with E-state index in [1.165, 1.54) is 0 Å². The van der Waals surface area contributed by atoms with Crippen molar-refractivity contribution in [2.45, 2.75) is 6.42 Å². The largest absolute Gasteiger partial charge is 0.369 e. The molecule has 1 unspecified atom stereocenters. The zero-order valence-electron chi connectivity index (χ0n) is 6.82. The van der Waals surface area contributed by atoms with Gasteiger partial charge in [0.25, 0.3) is 0 Å². The highest BCUT2D eigenvalue weighted by molar-refractivity contribution is 5.88. The number of likely N-dealkylation sites (tertiary alicyclic amines) is 1. The molecule has 4 nitrogen and oxygen atoms in total. The average Bonchev–Trinajstić information content (AvgIpc) is 2.34. The molecule has 1 aliphatic heterocycles. The molecule has 1 fully saturated rings. The molecule has 1 atom stereocenters. The molecule has 4 heteroatoms. The summed E-state index contributed by atoms with van der Waals surface area (Å²) >= 11 is 0. The summed E-state index contributed by atoms with van der Waals surface area (Å²) < 4.78 is 0. The van der Waals surface area contributed by atoms with Crippen LogP contribution in [-0.2, 0) is 9.59 Å². The van der Waals surface area contributed by atoms with E-state index in [0.29, 0.717) is 13.1 Å². The number of nitrogens with zero attached hydrogens (tertiary/aromatic N) is 1. The van der Waals surface area contributed by atoms with E-state index in [0.717, 1.165) is 0 Å². The van der Waals surface area contributed by atoms with Crippen LogP contribution in [0.2, 0.25) is 0 Å². The van der Waals surface area contributed by atoms with Crippen LogP contribution in [0.25, 0.3) is 0 Å². The Hall–Kier alpha value is -1.32. The first kappa shape index (κ1) is 8.77. The number of rotatable bonds is 3. The number of hydrogen-bond acceptors (Lipinski definition) is 2. The molecule has 12 heavy (non-hydrogen) atoms. The second-order valence-corrected chi connectivity index (χ2v) is 2.89. The van der Waals surface area contributed by atoms with Gasteiger partial charge in [-0.1, -0.05) is 6.08 Å². The Morgan fingerprint density at radius 2 is 2.50 bits per heavy atom. The molecule has 66 valence electrons. The maximum absolute atomic E-state index is 11.1. The molecule has 0 aliphatic carbocycles. The highest BCUT2D eigenvalue weighted by atomic mass is 16.2. The number of amides is 2. The molecule has 1 saturated heterocycles. The van der Waals surface area contributed by atoms with Gasteiger partial charge in [-0.3, -0.25) is 9.59 Å². The summed E-state index contributed by atoms with van der Waals surface area (Å²) in [6.07, 6.45) is 1.89. The highest BCUT2D eigenvalue weighted by Crippen LogP contribution is 2.16. The Labute approximate surface area is 71.0 Å². The standard InChI is InChI=1S/C8H12N2O2/c1-2-3-10-5-6(8(9)12)4-7(10)11/h2,6H,1,3-5H2,(H2,9,12). The van der Waals surface area contributed by atoms with Crippen molar-refractivity contribution in [2.75, 3.05) is 13.1 Å². The predicted octanol–water partition coefficient (Wildman–Crippen LogP) is -0.494. The lowest BCUT2D eigenvalue weighted by Gasteiger charge is -2.12. The summed E-state index contributed by atoms with van der Waals surface area (Å²) in [4.78, 5) is 23.4. The van der Waals surface area contributed by atoms with E-state index in [9.17, 15) is 9.59 Å². The van der Waals surface area contributed by atoms with Crippen molar-refractivity contribution in [1.82, 2.24) is 4.90 Å². The number of carbonyl (C=O) groups is 2. The van der Waals surface area contributed by atoms with Gasteiger partial charge in [-0.2, -0.15) is 0 Å². The van der Waals surface area contributed by atoms with Crippen LogP contribution in [-0.4, -0.2) is 29.8 Å². The maximum Gasteiger partial charge on any atom is 0.223 e. The first-order valence-corrected chi connectivity index (χ1v) is 3.83. The summed E-state index contributed by atoms with van der Waals surface area (Å²) in [5.41, 5.74) is 5.07. The Morgan fingerprint density at radius 1 is 1.83 bits per heavy atom. The van der Waals surface area contributed by atoms with E-state index in [4.69, 9.17) is 5.73 Å². The molecule has 1 aliphatic rings. The second-order valence-electron chi connectivity index (χ2n) is 2.89. The molecule has 2 amide bonds. The van der Waals surface area contributed by atoms with E-state index in [2.05, 4.69) is 6.58 Å². The number of primary amides is 1.